The van der Waals surface area contributed by atoms with Crippen molar-refractivity contribution in [1.82, 2.24) is 0 Å². The Balaban J connectivity index is 3.70. The Morgan fingerprint density at radius 2 is 1.05 bits per heavy atom. The lowest BCUT2D eigenvalue weighted by atomic mass is 9.90. The van der Waals surface area contributed by atoms with Crippen molar-refractivity contribution in [3.8, 4) is 0 Å². The summed E-state index contributed by atoms with van der Waals surface area (Å²) < 4.78 is 0.835. The third-order valence-corrected chi connectivity index (χ3v) is 5.29. The van der Waals surface area contributed by atoms with E-state index in [0.717, 1.165) is 3.92 Å². The first-order valence-electron chi connectivity index (χ1n) is 10.2. The van der Waals surface area contributed by atoms with Crippen LogP contribution in [0.15, 0.2) is 0 Å². The van der Waals surface area contributed by atoms with Gasteiger partial charge in [-0.3, -0.25) is 0 Å². The van der Waals surface area contributed by atoms with E-state index >= 15 is 0 Å². The quantitative estimate of drug-likeness (QED) is 0.125. The van der Waals surface area contributed by atoms with Gasteiger partial charge in [0.2, 0.25) is 0 Å². The van der Waals surface area contributed by atoms with Crippen LogP contribution in [0.4, 0.5) is 0 Å². The molecule has 0 fully saturated rings. The van der Waals surface area contributed by atoms with Gasteiger partial charge in [-0.05, 0) is 31.6 Å². The molecule has 0 heterocycles. The molecule has 1 atom stereocenters. The van der Waals surface area contributed by atoms with Gasteiger partial charge in [0.15, 0.2) is 0 Å². The topological polar surface area (TPSA) is 0 Å². The molecule has 1 heteroatoms. The molecule has 0 amide bonds. The van der Waals surface area contributed by atoms with Gasteiger partial charge < -0.3 is 0 Å². The predicted octanol–water partition coefficient (Wildman–Crippen LogP) is 8.67. The molecular weight excluding hydrogens is 379 g/mol. The number of hydrogen-bond donors (Lipinski definition) is 0. The van der Waals surface area contributed by atoms with E-state index < -0.39 is 0 Å². The molecular formula is C21H42I. The zero-order valence-corrected chi connectivity index (χ0v) is 17.9. The largest absolute Gasteiger partial charge is 0.0829 e. The van der Waals surface area contributed by atoms with Crippen molar-refractivity contribution in [2.45, 2.75) is 127 Å². The molecule has 0 nitrogen and oxygen atoms in total. The Kier molecular flexibility index (Phi) is 18.7. The van der Waals surface area contributed by atoms with E-state index in [4.69, 9.17) is 0 Å². The van der Waals surface area contributed by atoms with Gasteiger partial charge in [-0.25, -0.2) is 0 Å². The van der Waals surface area contributed by atoms with Crippen molar-refractivity contribution in [3.63, 3.8) is 0 Å². The van der Waals surface area contributed by atoms with E-state index in [9.17, 15) is 0 Å². The summed E-state index contributed by atoms with van der Waals surface area (Å²) >= 11 is 2.58. The number of unbranched alkanes of at least 4 members (excludes halogenated alkanes) is 10. The third-order valence-electron chi connectivity index (χ3n) is 4.66. The van der Waals surface area contributed by atoms with Gasteiger partial charge >= 0.3 is 0 Å². The maximum absolute atomic E-state index is 2.58. The van der Waals surface area contributed by atoms with Gasteiger partial charge in [-0.15, -0.1) is 0 Å². The highest BCUT2D eigenvalue weighted by atomic mass is 127. The molecule has 0 bridgehead atoms. The molecule has 0 N–H and O–H groups in total. The molecule has 1 radical (unpaired) electrons. The van der Waals surface area contributed by atoms with Gasteiger partial charge in [0.05, 0.1) is 0 Å². The Hall–Kier alpha value is 0.730. The van der Waals surface area contributed by atoms with Crippen molar-refractivity contribution in [1.29, 1.82) is 0 Å². The van der Waals surface area contributed by atoms with Gasteiger partial charge in [0.25, 0.3) is 0 Å². The smallest absolute Gasteiger partial charge is 0.00815 e. The van der Waals surface area contributed by atoms with Gasteiger partial charge in [-0.2, -0.15) is 0 Å². The number of rotatable bonds is 17. The summed E-state index contributed by atoms with van der Waals surface area (Å²) in [4.78, 5) is 0. The predicted molar refractivity (Wildman–Crippen MR) is 112 cm³/mol. The minimum absolute atomic E-state index is 0.835. The third kappa shape index (κ3) is 17.1. The fourth-order valence-corrected chi connectivity index (χ4v) is 3.40. The lowest BCUT2D eigenvalue weighted by molar-refractivity contribution is 0.527. The Labute approximate surface area is 155 Å². The molecule has 0 aromatic heterocycles. The molecule has 0 saturated heterocycles. The standard InChI is InChI=1S/C21H42I/c1-4-6-8-10-12-14-16-21(19-18-20(3)22)17-15-13-11-9-7-5-2/h20H,4-19H2,1-3H3. The Bertz CT molecular complexity index is 184. The van der Waals surface area contributed by atoms with Crippen LogP contribution in [0.1, 0.15) is 124 Å². The fraction of sp³-hybridized carbons (Fsp3) is 0.952. The highest BCUT2D eigenvalue weighted by molar-refractivity contribution is 14.1. The summed E-state index contributed by atoms with van der Waals surface area (Å²) in [5.41, 5.74) is 0. The first-order chi connectivity index (χ1) is 10.7. The van der Waals surface area contributed by atoms with E-state index in [0.29, 0.717) is 0 Å². The van der Waals surface area contributed by atoms with E-state index in [1.807, 2.05) is 5.92 Å². The fourth-order valence-electron chi connectivity index (χ4n) is 3.09. The minimum Gasteiger partial charge on any atom is -0.0829 e. The number of alkyl halides is 1. The average Bonchev–Trinajstić information content (AvgIpc) is 2.50. The second kappa shape index (κ2) is 18.1. The molecule has 0 rings (SSSR count). The molecule has 0 aromatic rings. The lowest BCUT2D eigenvalue weighted by Crippen LogP contribution is -2.02. The molecule has 0 aliphatic rings. The van der Waals surface area contributed by atoms with Crippen LogP contribution < -0.4 is 0 Å². The molecule has 0 saturated carbocycles. The maximum atomic E-state index is 2.58. The molecule has 133 valence electrons. The highest BCUT2D eigenvalue weighted by Crippen LogP contribution is 2.27. The Morgan fingerprint density at radius 3 is 1.45 bits per heavy atom. The van der Waals surface area contributed by atoms with Gasteiger partial charge in [0.1, 0.15) is 0 Å². The molecule has 0 aromatic carbocycles. The van der Waals surface area contributed by atoms with E-state index in [1.165, 1.54) is 103 Å². The number of halogens is 1. The van der Waals surface area contributed by atoms with Gasteiger partial charge in [0, 0.05) is 3.92 Å². The van der Waals surface area contributed by atoms with Crippen LogP contribution in [0, 0.1) is 5.92 Å². The second-order valence-electron chi connectivity index (χ2n) is 7.10. The zero-order chi connectivity index (χ0) is 16.5. The van der Waals surface area contributed by atoms with Crippen molar-refractivity contribution in [2.75, 3.05) is 0 Å². The summed E-state index contributed by atoms with van der Waals surface area (Å²) in [7, 11) is 0. The first-order valence-corrected chi connectivity index (χ1v) is 11.4. The van der Waals surface area contributed by atoms with Crippen LogP contribution in [0.3, 0.4) is 0 Å². The monoisotopic (exact) mass is 421 g/mol. The normalized spacial score (nSPS) is 13.0. The minimum atomic E-state index is 0.835. The lowest BCUT2D eigenvalue weighted by Gasteiger charge is -2.17. The van der Waals surface area contributed by atoms with Crippen LogP contribution in [0.5, 0.6) is 0 Å². The van der Waals surface area contributed by atoms with Crippen LogP contribution in [0.2, 0.25) is 0 Å². The molecule has 0 spiro atoms. The van der Waals surface area contributed by atoms with E-state index in [-0.39, 0.29) is 0 Å². The molecule has 22 heavy (non-hydrogen) atoms. The maximum Gasteiger partial charge on any atom is 0.00815 e. The van der Waals surface area contributed by atoms with Crippen LogP contribution in [0.25, 0.3) is 0 Å². The molecule has 1 unspecified atom stereocenters. The van der Waals surface area contributed by atoms with Crippen LogP contribution >= 0.6 is 22.6 Å². The van der Waals surface area contributed by atoms with Crippen molar-refractivity contribution in [3.05, 3.63) is 5.92 Å². The average molecular weight is 421 g/mol. The van der Waals surface area contributed by atoms with Crippen LogP contribution in [-0.4, -0.2) is 3.92 Å². The summed E-state index contributed by atoms with van der Waals surface area (Å²) in [6, 6.07) is 0. The summed E-state index contributed by atoms with van der Waals surface area (Å²) in [6.07, 6.45) is 22.9. The SMILES string of the molecule is CCCCCCCC[C](CCCCCCCC)CCC(C)I. The second-order valence-corrected chi connectivity index (χ2v) is 9.23. The van der Waals surface area contributed by atoms with Crippen molar-refractivity contribution < 1.29 is 0 Å². The van der Waals surface area contributed by atoms with Crippen LogP contribution in [-0.2, 0) is 0 Å². The summed E-state index contributed by atoms with van der Waals surface area (Å²) in [6.45, 7) is 6.96. The number of hydrogen-bond acceptors (Lipinski definition) is 0. The summed E-state index contributed by atoms with van der Waals surface area (Å²) in [5.74, 6) is 1.88. The van der Waals surface area contributed by atoms with Crippen molar-refractivity contribution >= 4 is 22.6 Å². The Morgan fingerprint density at radius 1 is 0.636 bits per heavy atom. The zero-order valence-electron chi connectivity index (χ0n) is 15.8. The van der Waals surface area contributed by atoms with E-state index in [1.54, 1.807) is 0 Å². The highest BCUT2D eigenvalue weighted by Gasteiger charge is 2.10. The van der Waals surface area contributed by atoms with Crippen molar-refractivity contribution in [2.24, 2.45) is 0 Å². The first kappa shape index (κ1) is 22.7. The summed E-state index contributed by atoms with van der Waals surface area (Å²) in [5, 5.41) is 0. The molecule has 0 aliphatic carbocycles. The van der Waals surface area contributed by atoms with Gasteiger partial charge in [-0.1, -0.05) is 120 Å². The molecule has 0 aliphatic heterocycles. The van der Waals surface area contributed by atoms with E-state index in [2.05, 4.69) is 43.4 Å².